The molecule has 0 amide bonds. The van der Waals surface area contributed by atoms with Crippen LogP contribution in [0.4, 0.5) is 11.8 Å². The van der Waals surface area contributed by atoms with E-state index in [0.29, 0.717) is 24.7 Å². The molecule has 1 aromatic heterocycles. The topological polar surface area (TPSA) is 110 Å². The molecule has 0 atom stereocenters. The van der Waals surface area contributed by atoms with Gasteiger partial charge in [-0.05, 0) is 18.6 Å². The smallest absolute Gasteiger partial charge is 0.224 e. The summed E-state index contributed by atoms with van der Waals surface area (Å²) in [6, 6.07) is 7.62. The minimum atomic E-state index is -3.42. The van der Waals surface area contributed by atoms with Gasteiger partial charge in [-0.2, -0.15) is 4.98 Å². The number of aromatic nitrogens is 2. The second kappa shape index (κ2) is 6.02. The standard InChI is InChI=1S/C12H17N5O2S/c1-14-12-16-10-6-3-2-5-9(10)11(17-12)15-7-4-8-20(13,18)19/h2-3,5-6H,4,7-8H2,1H3,(H2,13,18,19)(H2,14,15,16,17). The van der Waals surface area contributed by atoms with E-state index in [9.17, 15) is 8.42 Å². The number of sulfonamides is 1. The summed E-state index contributed by atoms with van der Waals surface area (Å²) in [5, 5.41) is 11.9. The first-order chi connectivity index (χ1) is 9.49. The predicted octanol–water partition coefficient (Wildman–Crippen LogP) is 0.762. The quantitative estimate of drug-likeness (QED) is 0.679. The van der Waals surface area contributed by atoms with Gasteiger partial charge in [-0.1, -0.05) is 12.1 Å². The van der Waals surface area contributed by atoms with Crippen molar-refractivity contribution in [2.75, 3.05) is 30.0 Å². The number of hydrogen-bond donors (Lipinski definition) is 3. The molecule has 0 fully saturated rings. The highest BCUT2D eigenvalue weighted by molar-refractivity contribution is 7.89. The summed E-state index contributed by atoms with van der Waals surface area (Å²) in [6.07, 6.45) is 0.423. The molecule has 8 heteroatoms. The molecule has 0 unspecified atom stereocenters. The Balaban J connectivity index is 2.16. The van der Waals surface area contributed by atoms with Crippen molar-refractivity contribution in [1.29, 1.82) is 0 Å². The minimum absolute atomic E-state index is 0.0537. The summed E-state index contributed by atoms with van der Waals surface area (Å²) in [5.74, 6) is 1.13. The van der Waals surface area contributed by atoms with E-state index in [1.165, 1.54) is 0 Å². The van der Waals surface area contributed by atoms with E-state index in [-0.39, 0.29) is 5.75 Å². The number of primary sulfonamides is 1. The molecule has 108 valence electrons. The van der Waals surface area contributed by atoms with Gasteiger partial charge in [-0.3, -0.25) is 0 Å². The van der Waals surface area contributed by atoms with E-state index in [0.717, 1.165) is 10.9 Å². The zero-order chi connectivity index (χ0) is 14.6. The lowest BCUT2D eigenvalue weighted by Gasteiger charge is -2.10. The second-order valence-electron chi connectivity index (χ2n) is 4.31. The maximum Gasteiger partial charge on any atom is 0.224 e. The molecule has 0 saturated carbocycles. The largest absolute Gasteiger partial charge is 0.369 e. The van der Waals surface area contributed by atoms with Crippen molar-refractivity contribution in [3.63, 3.8) is 0 Å². The molecular formula is C12H17N5O2S. The lowest BCUT2D eigenvalue weighted by atomic mass is 10.2. The molecule has 1 aromatic carbocycles. The Kier molecular flexibility index (Phi) is 4.35. The summed E-state index contributed by atoms with van der Waals surface area (Å²) < 4.78 is 21.7. The van der Waals surface area contributed by atoms with Gasteiger partial charge >= 0.3 is 0 Å². The first kappa shape index (κ1) is 14.5. The third-order valence-corrected chi connectivity index (χ3v) is 3.58. The van der Waals surface area contributed by atoms with Crippen LogP contribution in [-0.2, 0) is 10.0 Å². The molecule has 4 N–H and O–H groups in total. The molecule has 0 bridgehead atoms. The molecule has 1 heterocycles. The molecule has 2 rings (SSSR count). The summed E-state index contributed by atoms with van der Waals surface area (Å²) in [6.45, 7) is 0.473. The van der Waals surface area contributed by atoms with Crippen molar-refractivity contribution in [3.8, 4) is 0 Å². The Morgan fingerprint density at radius 3 is 2.70 bits per heavy atom. The maximum absolute atomic E-state index is 10.9. The summed E-state index contributed by atoms with van der Waals surface area (Å²) >= 11 is 0. The number of para-hydroxylation sites is 1. The molecule has 0 aliphatic carbocycles. The van der Waals surface area contributed by atoms with Crippen LogP contribution in [0.25, 0.3) is 10.9 Å². The van der Waals surface area contributed by atoms with Crippen LogP contribution < -0.4 is 15.8 Å². The Morgan fingerprint density at radius 2 is 2.00 bits per heavy atom. The number of nitrogens with one attached hydrogen (secondary N) is 2. The second-order valence-corrected chi connectivity index (χ2v) is 6.04. The Labute approximate surface area is 117 Å². The fraction of sp³-hybridized carbons (Fsp3) is 0.333. The molecule has 0 aliphatic rings. The van der Waals surface area contributed by atoms with Gasteiger partial charge in [0.05, 0.1) is 11.3 Å². The Morgan fingerprint density at radius 1 is 1.25 bits per heavy atom. The number of benzene rings is 1. The summed E-state index contributed by atoms with van der Waals surface area (Å²) in [5.41, 5.74) is 0.820. The van der Waals surface area contributed by atoms with Crippen molar-refractivity contribution in [2.45, 2.75) is 6.42 Å². The third-order valence-electron chi connectivity index (χ3n) is 2.72. The molecule has 7 nitrogen and oxygen atoms in total. The van der Waals surface area contributed by atoms with E-state index < -0.39 is 10.0 Å². The van der Waals surface area contributed by atoms with E-state index in [4.69, 9.17) is 5.14 Å². The number of nitrogens with zero attached hydrogens (tertiary/aromatic N) is 2. The van der Waals surface area contributed by atoms with Gasteiger partial charge in [-0.25, -0.2) is 18.5 Å². The molecule has 20 heavy (non-hydrogen) atoms. The Bertz CT molecular complexity index is 702. The van der Waals surface area contributed by atoms with Gasteiger partial charge in [0.15, 0.2) is 0 Å². The van der Waals surface area contributed by atoms with Crippen molar-refractivity contribution < 1.29 is 8.42 Å². The van der Waals surface area contributed by atoms with Crippen molar-refractivity contribution in [1.82, 2.24) is 9.97 Å². The maximum atomic E-state index is 10.9. The van der Waals surface area contributed by atoms with Gasteiger partial charge in [0.1, 0.15) is 5.82 Å². The fourth-order valence-electron chi connectivity index (χ4n) is 1.80. The van der Waals surface area contributed by atoms with E-state index in [1.54, 1.807) is 7.05 Å². The lowest BCUT2D eigenvalue weighted by Crippen LogP contribution is -2.19. The lowest BCUT2D eigenvalue weighted by molar-refractivity contribution is 0.596. The summed E-state index contributed by atoms with van der Waals surface area (Å²) in [7, 11) is -1.67. The average Bonchev–Trinajstić information content (AvgIpc) is 2.42. The Hall–Kier alpha value is -1.93. The van der Waals surface area contributed by atoms with Crippen LogP contribution in [0, 0.1) is 0 Å². The molecule has 0 saturated heterocycles. The molecule has 0 radical (unpaired) electrons. The SMILES string of the molecule is CNc1nc(NCCCS(N)(=O)=O)c2ccccc2n1. The molecule has 2 aromatic rings. The van der Waals surface area contributed by atoms with Crippen LogP contribution in [0.2, 0.25) is 0 Å². The van der Waals surface area contributed by atoms with Crippen LogP contribution in [0.3, 0.4) is 0 Å². The van der Waals surface area contributed by atoms with Crippen LogP contribution >= 0.6 is 0 Å². The first-order valence-corrected chi connectivity index (χ1v) is 7.90. The average molecular weight is 295 g/mol. The monoisotopic (exact) mass is 295 g/mol. The number of nitrogens with two attached hydrogens (primary N) is 1. The highest BCUT2D eigenvalue weighted by Gasteiger charge is 2.07. The van der Waals surface area contributed by atoms with Crippen molar-refractivity contribution in [3.05, 3.63) is 24.3 Å². The first-order valence-electron chi connectivity index (χ1n) is 6.18. The normalized spacial score (nSPS) is 11.5. The highest BCUT2D eigenvalue weighted by atomic mass is 32.2. The van der Waals surface area contributed by atoms with Gasteiger partial charge < -0.3 is 10.6 Å². The van der Waals surface area contributed by atoms with Gasteiger partial charge in [0.25, 0.3) is 0 Å². The third kappa shape index (κ3) is 3.78. The molecule has 0 spiro atoms. The highest BCUT2D eigenvalue weighted by Crippen LogP contribution is 2.21. The van der Waals surface area contributed by atoms with Crippen LogP contribution in [-0.4, -0.2) is 37.7 Å². The van der Waals surface area contributed by atoms with E-state index in [2.05, 4.69) is 20.6 Å². The van der Waals surface area contributed by atoms with Crippen LogP contribution in [0.15, 0.2) is 24.3 Å². The number of hydrogen-bond acceptors (Lipinski definition) is 6. The number of fused-ring (bicyclic) bond motifs is 1. The zero-order valence-corrected chi connectivity index (χ0v) is 11.9. The molecule has 0 aliphatic heterocycles. The number of rotatable bonds is 6. The van der Waals surface area contributed by atoms with Gasteiger partial charge in [0.2, 0.25) is 16.0 Å². The van der Waals surface area contributed by atoms with Crippen LogP contribution in [0.1, 0.15) is 6.42 Å². The zero-order valence-electron chi connectivity index (χ0n) is 11.1. The number of anilines is 2. The predicted molar refractivity (Wildman–Crippen MR) is 80.2 cm³/mol. The van der Waals surface area contributed by atoms with Crippen molar-refractivity contribution >= 4 is 32.7 Å². The van der Waals surface area contributed by atoms with E-state index >= 15 is 0 Å². The van der Waals surface area contributed by atoms with Gasteiger partial charge in [-0.15, -0.1) is 0 Å². The summed E-state index contributed by atoms with van der Waals surface area (Å²) in [4.78, 5) is 8.68. The van der Waals surface area contributed by atoms with Crippen LogP contribution in [0.5, 0.6) is 0 Å². The minimum Gasteiger partial charge on any atom is -0.369 e. The molecular weight excluding hydrogens is 278 g/mol. The van der Waals surface area contributed by atoms with E-state index in [1.807, 2.05) is 24.3 Å². The van der Waals surface area contributed by atoms with Crippen molar-refractivity contribution in [2.24, 2.45) is 5.14 Å². The fourth-order valence-corrected chi connectivity index (χ4v) is 2.35. The van der Waals surface area contributed by atoms with Gasteiger partial charge in [0, 0.05) is 19.0 Å².